The average molecular weight is 515 g/mol. The summed E-state index contributed by atoms with van der Waals surface area (Å²) < 4.78 is 44.1. The summed E-state index contributed by atoms with van der Waals surface area (Å²) in [6.45, 7) is 14.5. The van der Waals surface area contributed by atoms with E-state index in [4.69, 9.17) is 4.74 Å². The smallest absolute Gasteiger partial charge is 0.416 e. The van der Waals surface area contributed by atoms with Gasteiger partial charge in [-0.2, -0.15) is 13.2 Å². The Balaban J connectivity index is 1.59. The molecule has 2 amide bonds. The van der Waals surface area contributed by atoms with Crippen LogP contribution in [0.4, 0.5) is 18.0 Å². The predicted molar refractivity (Wildman–Crippen MR) is 135 cm³/mol. The van der Waals surface area contributed by atoms with Crippen molar-refractivity contribution < 1.29 is 27.5 Å². The van der Waals surface area contributed by atoms with E-state index in [1.807, 2.05) is 20.8 Å². The molecule has 2 aliphatic rings. The summed E-state index contributed by atoms with van der Waals surface area (Å²) in [6, 6.07) is 0.0759. The van der Waals surface area contributed by atoms with E-state index < -0.39 is 17.4 Å². The first-order valence-electron chi connectivity index (χ1n) is 12.7. The second-order valence-electron chi connectivity index (χ2n) is 10.3. The van der Waals surface area contributed by atoms with Crippen molar-refractivity contribution in [1.82, 2.24) is 20.0 Å². The van der Waals surface area contributed by atoms with Crippen LogP contribution in [0.2, 0.25) is 0 Å². The van der Waals surface area contributed by atoms with Crippen LogP contribution in [0.5, 0.6) is 0 Å². The Morgan fingerprint density at radius 2 is 1.64 bits per heavy atom. The minimum atomic E-state index is -4.38. The Bertz CT molecular complexity index is 789. The molecule has 2 heterocycles. The van der Waals surface area contributed by atoms with E-state index >= 15 is 0 Å². The van der Waals surface area contributed by atoms with Gasteiger partial charge in [-0.05, 0) is 46.6 Å². The molecule has 2 fully saturated rings. The largest absolute Gasteiger partial charge is 0.444 e. The van der Waals surface area contributed by atoms with Crippen LogP contribution in [-0.2, 0) is 9.53 Å². The molecule has 0 atom stereocenters. The van der Waals surface area contributed by atoms with Gasteiger partial charge in [0.05, 0.1) is 5.57 Å². The van der Waals surface area contributed by atoms with Crippen LogP contribution in [0.25, 0.3) is 0 Å². The molecular formula is C26H41F3N4O3. The van der Waals surface area contributed by atoms with Crippen molar-refractivity contribution in [3.05, 3.63) is 36.5 Å². The van der Waals surface area contributed by atoms with Gasteiger partial charge in [0.1, 0.15) is 5.60 Å². The molecule has 1 N–H and O–H groups in total. The minimum absolute atomic E-state index is 0.0301. The summed E-state index contributed by atoms with van der Waals surface area (Å²) in [5, 5.41) is 3.08. The Hall–Kier alpha value is -2.33. The zero-order valence-corrected chi connectivity index (χ0v) is 21.8. The number of carbonyl (C=O) groups is 2. The van der Waals surface area contributed by atoms with Crippen LogP contribution >= 0.6 is 0 Å². The number of rotatable bonds is 9. The van der Waals surface area contributed by atoms with Gasteiger partial charge in [0.2, 0.25) is 5.91 Å². The molecule has 204 valence electrons. The molecule has 0 saturated carbocycles. The molecule has 0 spiro atoms. The lowest BCUT2D eigenvalue weighted by molar-refractivity contribution is -0.122. The fraction of sp³-hybridized carbons (Fsp3) is 0.692. The van der Waals surface area contributed by atoms with Gasteiger partial charge in [-0.1, -0.05) is 30.9 Å². The van der Waals surface area contributed by atoms with Gasteiger partial charge >= 0.3 is 12.3 Å². The number of halogens is 3. The Morgan fingerprint density at radius 3 is 2.19 bits per heavy atom. The van der Waals surface area contributed by atoms with E-state index in [-0.39, 0.29) is 18.0 Å². The zero-order chi connectivity index (χ0) is 26.8. The number of piperazine rings is 1. The third-order valence-corrected chi connectivity index (χ3v) is 6.14. The second-order valence-corrected chi connectivity index (χ2v) is 10.3. The first-order valence-corrected chi connectivity index (χ1v) is 12.7. The number of ether oxygens (including phenoxy) is 1. The molecule has 10 heteroatoms. The Morgan fingerprint density at radius 1 is 1.03 bits per heavy atom. The SMILES string of the molecule is C=C/C=C(\C=C/CN1CCN(CCCC(=O)NC2CCN(C(=O)OC(C)(C)C)CC2)CC1)C(F)(F)F. The van der Waals surface area contributed by atoms with E-state index in [9.17, 15) is 22.8 Å². The first kappa shape index (κ1) is 29.9. The monoisotopic (exact) mass is 514 g/mol. The van der Waals surface area contributed by atoms with Crippen molar-refractivity contribution >= 4 is 12.0 Å². The minimum Gasteiger partial charge on any atom is -0.444 e. The molecule has 0 aromatic heterocycles. The maximum atomic E-state index is 12.9. The second kappa shape index (κ2) is 13.8. The van der Waals surface area contributed by atoms with Gasteiger partial charge < -0.3 is 19.9 Å². The van der Waals surface area contributed by atoms with Crippen LogP contribution in [0.1, 0.15) is 46.5 Å². The van der Waals surface area contributed by atoms with Crippen LogP contribution in [0, 0.1) is 0 Å². The van der Waals surface area contributed by atoms with Gasteiger partial charge in [-0.15, -0.1) is 0 Å². The molecule has 7 nitrogen and oxygen atoms in total. The normalized spacial score (nSPS) is 19.5. The number of hydrogen-bond acceptors (Lipinski definition) is 5. The molecule has 0 unspecified atom stereocenters. The van der Waals surface area contributed by atoms with Gasteiger partial charge in [0.25, 0.3) is 0 Å². The van der Waals surface area contributed by atoms with E-state index in [0.717, 1.165) is 70.2 Å². The molecule has 2 rings (SSSR count). The summed E-state index contributed by atoms with van der Waals surface area (Å²) >= 11 is 0. The number of carbonyl (C=O) groups excluding carboxylic acids is 2. The van der Waals surface area contributed by atoms with Crippen molar-refractivity contribution in [2.75, 3.05) is 52.4 Å². The van der Waals surface area contributed by atoms with Gasteiger partial charge in [-0.3, -0.25) is 9.69 Å². The summed E-state index contributed by atoms with van der Waals surface area (Å²) in [7, 11) is 0. The van der Waals surface area contributed by atoms with Gasteiger partial charge in [-0.25, -0.2) is 4.79 Å². The summed E-state index contributed by atoms with van der Waals surface area (Å²) in [6.07, 6.45) is 2.71. The fourth-order valence-electron chi connectivity index (χ4n) is 4.19. The number of hydrogen-bond donors (Lipinski definition) is 1. The molecular weight excluding hydrogens is 473 g/mol. The number of nitrogens with one attached hydrogen (secondary N) is 1. The fourth-order valence-corrected chi connectivity index (χ4v) is 4.19. The highest BCUT2D eigenvalue weighted by Gasteiger charge is 2.31. The van der Waals surface area contributed by atoms with E-state index in [1.54, 1.807) is 11.0 Å². The van der Waals surface area contributed by atoms with E-state index in [2.05, 4.69) is 21.7 Å². The summed E-state index contributed by atoms with van der Waals surface area (Å²) in [5.41, 5.74) is -1.22. The van der Waals surface area contributed by atoms with Gasteiger partial charge in [0.15, 0.2) is 0 Å². The van der Waals surface area contributed by atoms with Crippen molar-refractivity contribution in [1.29, 1.82) is 0 Å². The van der Waals surface area contributed by atoms with Crippen LogP contribution in [0.3, 0.4) is 0 Å². The highest BCUT2D eigenvalue weighted by Crippen LogP contribution is 2.26. The summed E-state index contributed by atoms with van der Waals surface area (Å²) in [5.74, 6) is 0.0301. The van der Waals surface area contributed by atoms with Crippen LogP contribution in [-0.4, -0.2) is 96.9 Å². The highest BCUT2D eigenvalue weighted by molar-refractivity contribution is 5.76. The number of likely N-dealkylation sites (tertiary alicyclic amines) is 1. The molecule has 0 aromatic carbocycles. The lowest BCUT2D eigenvalue weighted by atomic mass is 10.1. The summed E-state index contributed by atoms with van der Waals surface area (Å²) in [4.78, 5) is 30.6. The Labute approximate surface area is 213 Å². The molecule has 0 radical (unpaired) electrons. The number of alkyl halides is 3. The standard InChI is InChI=1S/C26H41F3N4O3/c1-5-8-21(26(27,28)29)9-6-13-31-17-19-32(20-18-31)14-7-10-23(34)30-22-11-15-33(16-12-22)24(35)36-25(2,3)4/h5-6,8-9,22H,1,7,10-20H2,2-4H3,(H,30,34)/b9-6-,21-8+. The molecule has 0 bridgehead atoms. The van der Waals surface area contributed by atoms with Crippen molar-refractivity contribution in [2.45, 2.75) is 64.3 Å². The quantitative estimate of drug-likeness (QED) is 0.469. The number of amides is 2. The maximum Gasteiger partial charge on any atom is 0.416 e. The molecule has 0 aromatic rings. The maximum absolute atomic E-state index is 12.9. The highest BCUT2D eigenvalue weighted by atomic mass is 19.4. The lowest BCUT2D eigenvalue weighted by Gasteiger charge is -2.34. The molecule has 36 heavy (non-hydrogen) atoms. The zero-order valence-electron chi connectivity index (χ0n) is 21.8. The lowest BCUT2D eigenvalue weighted by Crippen LogP contribution is -2.48. The Kier molecular flexibility index (Phi) is 11.5. The molecule has 0 aliphatic carbocycles. The van der Waals surface area contributed by atoms with Crippen LogP contribution in [0.15, 0.2) is 36.5 Å². The topological polar surface area (TPSA) is 65.1 Å². The van der Waals surface area contributed by atoms with E-state index in [0.29, 0.717) is 26.1 Å². The van der Waals surface area contributed by atoms with Gasteiger partial charge in [0, 0.05) is 58.3 Å². The molecule has 2 saturated heterocycles. The van der Waals surface area contributed by atoms with Crippen LogP contribution < -0.4 is 5.32 Å². The number of allylic oxidation sites excluding steroid dienone is 4. The third kappa shape index (κ3) is 11.2. The average Bonchev–Trinajstić information content (AvgIpc) is 2.78. The number of piperidine rings is 1. The predicted octanol–water partition coefficient (Wildman–Crippen LogP) is 4.13. The van der Waals surface area contributed by atoms with Crippen molar-refractivity contribution in [3.63, 3.8) is 0 Å². The molecule has 2 aliphatic heterocycles. The third-order valence-electron chi connectivity index (χ3n) is 6.14. The van der Waals surface area contributed by atoms with Crippen molar-refractivity contribution in [2.24, 2.45) is 0 Å². The van der Waals surface area contributed by atoms with E-state index in [1.165, 1.54) is 0 Å². The number of nitrogens with zero attached hydrogens (tertiary/aromatic N) is 3. The first-order chi connectivity index (χ1) is 16.9. The van der Waals surface area contributed by atoms with Crippen molar-refractivity contribution in [3.8, 4) is 0 Å².